The SMILES string of the molecule is CC(Sc1ccccc1C(=O)N1CCC(COc2ccccc2)CC1)C(=O)O. The summed E-state index contributed by atoms with van der Waals surface area (Å²) < 4.78 is 5.85. The van der Waals surface area contributed by atoms with E-state index in [-0.39, 0.29) is 5.91 Å². The first-order chi connectivity index (χ1) is 13.5. The van der Waals surface area contributed by atoms with Crippen LogP contribution in [-0.2, 0) is 4.79 Å². The lowest BCUT2D eigenvalue weighted by Gasteiger charge is -2.32. The minimum Gasteiger partial charge on any atom is -0.493 e. The zero-order chi connectivity index (χ0) is 19.9. The molecule has 1 atom stereocenters. The minimum atomic E-state index is -0.883. The number of para-hydroxylation sites is 1. The Morgan fingerprint density at radius 2 is 1.75 bits per heavy atom. The largest absolute Gasteiger partial charge is 0.493 e. The summed E-state index contributed by atoms with van der Waals surface area (Å²) in [7, 11) is 0. The first-order valence-corrected chi connectivity index (χ1v) is 10.4. The second-order valence-electron chi connectivity index (χ2n) is 6.95. The van der Waals surface area contributed by atoms with Gasteiger partial charge in [0.15, 0.2) is 0 Å². The Morgan fingerprint density at radius 3 is 2.43 bits per heavy atom. The molecule has 3 rings (SSSR count). The van der Waals surface area contributed by atoms with Gasteiger partial charge in [0, 0.05) is 18.0 Å². The van der Waals surface area contributed by atoms with E-state index in [1.165, 1.54) is 11.8 Å². The number of thioether (sulfide) groups is 1. The lowest BCUT2D eigenvalue weighted by molar-refractivity contribution is -0.136. The maximum absolute atomic E-state index is 13.0. The second-order valence-corrected chi connectivity index (χ2v) is 8.34. The van der Waals surface area contributed by atoms with E-state index in [0.29, 0.717) is 31.2 Å². The topological polar surface area (TPSA) is 66.8 Å². The van der Waals surface area contributed by atoms with Crippen LogP contribution in [0.4, 0.5) is 0 Å². The maximum atomic E-state index is 13.0. The van der Waals surface area contributed by atoms with Gasteiger partial charge in [-0.05, 0) is 49.9 Å². The number of carbonyl (C=O) groups is 2. The molecule has 1 unspecified atom stereocenters. The van der Waals surface area contributed by atoms with Gasteiger partial charge in [-0.25, -0.2) is 0 Å². The molecular formula is C22H25NO4S. The van der Waals surface area contributed by atoms with Crippen LogP contribution < -0.4 is 4.74 Å². The van der Waals surface area contributed by atoms with Crippen molar-refractivity contribution < 1.29 is 19.4 Å². The summed E-state index contributed by atoms with van der Waals surface area (Å²) in [5, 5.41) is 8.55. The molecule has 1 heterocycles. The fourth-order valence-electron chi connectivity index (χ4n) is 3.19. The molecule has 148 valence electrons. The third kappa shape index (κ3) is 5.29. The standard InChI is InChI=1S/C22H25NO4S/c1-16(22(25)26)28-20-10-6-5-9-19(20)21(24)23-13-11-17(12-14-23)15-27-18-7-3-2-4-8-18/h2-10,16-17H,11-15H2,1H3,(H,25,26). The monoisotopic (exact) mass is 399 g/mol. The van der Waals surface area contributed by atoms with Crippen LogP contribution in [0.1, 0.15) is 30.1 Å². The van der Waals surface area contributed by atoms with Gasteiger partial charge in [0.05, 0.1) is 12.2 Å². The lowest BCUT2D eigenvalue weighted by atomic mass is 9.97. The van der Waals surface area contributed by atoms with Crippen molar-refractivity contribution in [2.24, 2.45) is 5.92 Å². The van der Waals surface area contributed by atoms with E-state index in [2.05, 4.69) is 0 Å². The summed E-state index contributed by atoms with van der Waals surface area (Å²) in [4.78, 5) is 26.7. The second kappa shape index (κ2) is 9.64. The zero-order valence-corrected chi connectivity index (χ0v) is 16.7. The molecule has 0 radical (unpaired) electrons. The van der Waals surface area contributed by atoms with Crippen molar-refractivity contribution in [1.29, 1.82) is 0 Å². The van der Waals surface area contributed by atoms with Crippen LogP contribution in [-0.4, -0.2) is 46.8 Å². The molecule has 1 aliphatic rings. The molecule has 1 aliphatic heterocycles. The molecule has 1 fully saturated rings. The quantitative estimate of drug-likeness (QED) is 0.708. The molecule has 28 heavy (non-hydrogen) atoms. The van der Waals surface area contributed by atoms with Gasteiger partial charge in [-0.3, -0.25) is 9.59 Å². The summed E-state index contributed by atoms with van der Waals surface area (Å²) in [6, 6.07) is 17.0. The molecule has 0 saturated carbocycles. The Labute approximate surface area is 169 Å². The van der Waals surface area contributed by atoms with Crippen molar-refractivity contribution in [3.8, 4) is 5.75 Å². The Morgan fingerprint density at radius 1 is 1.11 bits per heavy atom. The molecule has 2 aromatic carbocycles. The van der Waals surface area contributed by atoms with E-state index >= 15 is 0 Å². The highest BCUT2D eigenvalue weighted by Gasteiger charge is 2.26. The molecule has 5 nitrogen and oxygen atoms in total. The molecule has 6 heteroatoms. The number of hydrogen-bond acceptors (Lipinski definition) is 4. The van der Waals surface area contributed by atoms with Crippen LogP contribution >= 0.6 is 11.8 Å². The molecule has 0 aliphatic carbocycles. The number of aliphatic carboxylic acids is 1. The van der Waals surface area contributed by atoms with Gasteiger partial charge in [-0.2, -0.15) is 0 Å². The molecule has 0 bridgehead atoms. The smallest absolute Gasteiger partial charge is 0.316 e. The third-order valence-corrected chi connectivity index (χ3v) is 6.06. The van der Waals surface area contributed by atoms with Crippen LogP contribution in [0.3, 0.4) is 0 Å². The van der Waals surface area contributed by atoms with Gasteiger partial charge >= 0.3 is 5.97 Å². The summed E-state index contributed by atoms with van der Waals surface area (Å²) >= 11 is 1.21. The molecule has 1 amide bonds. The summed E-state index contributed by atoms with van der Waals surface area (Å²) in [5.74, 6) is 0.398. The summed E-state index contributed by atoms with van der Waals surface area (Å²) in [5.41, 5.74) is 0.583. The predicted octanol–water partition coefficient (Wildman–Crippen LogP) is 4.18. The van der Waals surface area contributed by atoms with Gasteiger partial charge in [0.25, 0.3) is 5.91 Å². The fraction of sp³-hybridized carbons (Fsp3) is 0.364. The third-order valence-electron chi connectivity index (χ3n) is 4.90. The van der Waals surface area contributed by atoms with Crippen LogP contribution in [0.15, 0.2) is 59.5 Å². The average Bonchev–Trinajstić information content (AvgIpc) is 2.73. The van der Waals surface area contributed by atoms with E-state index < -0.39 is 11.2 Å². The number of nitrogens with zero attached hydrogens (tertiary/aromatic N) is 1. The van der Waals surface area contributed by atoms with Crippen LogP contribution in [0.2, 0.25) is 0 Å². The highest BCUT2D eigenvalue weighted by Crippen LogP contribution is 2.29. The zero-order valence-electron chi connectivity index (χ0n) is 15.9. The maximum Gasteiger partial charge on any atom is 0.316 e. The highest BCUT2D eigenvalue weighted by molar-refractivity contribution is 8.00. The van der Waals surface area contributed by atoms with Gasteiger partial charge in [0.2, 0.25) is 0 Å². The fourth-order valence-corrected chi connectivity index (χ4v) is 4.11. The van der Waals surface area contributed by atoms with Crippen molar-refractivity contribution in [2.45, 2.75) is 29.9 Å². The number of carboxylic acids is 1. The number of ether oxygens (including phenoxy) is 1. The van der Waals surface area contributed by atoms with E-state index in [4.69, 9.17) is 9.84 Å². The van der Waals surface area contributed by atoms with Crippen molar-refractivity contribution >= 4 is 23.6 Å². The van der Waals surface area contributed by atoms with Crippen LogP contribution in [0, 0.1) is 5.92 Å². The predicted molar refractivity (Wildman–Crippen MR) is 110 cm³/mol. The molecule has 1 saturated heterocycles. The number of piperidine rings is 1. The van der Waals surface area contributed by atoms with Gasteiger partial charge in [-0.15, -0.1) is 11.8 Å². The Hall–Kier alpha value is -2.47. The normalized spacial score (nSPS) is 15.8. The molecule has 2 aromatic rings. The number of benzene rings is 2. The minimum absolute atomic E-state index is 0.0249. The molecular weight excluding hydrogens is 374 g/mol. The van der Waals surface area contributed by atoms with E-state index in [1.54, 1.807) is 13.0 Å². The van der Waals surface area contributed by atoms with E-state index in [0.717, 1.165) is 23.5 Å². The van der Waals surface area contributed by atoms with Gasteiger partial charge in [-0.1, -0.05) is 30.3 Å². The van der Waals surface area contributed by atoms with E-state index in [9.17, 15) is 9.59 Å². The Balaban J connectivity index is 1.56. The first-order valence-electron chi connectivity index (χ1n) is 9.50. The van der Waals surface area contributed by atoms with Crippen molar-refractivity contribution in [3.05, 3.63) is 60.2 Å². The molecule has 1 N–H and O–H groups in total. The number of carboxylic acid groups (broad SMARTS) is 1. The number of likely N-dealkylation sites (tertiary alicyclic amines) is 1. The van der Waals surface area contributed by atoms with Gasteiger partial charge in [0.1, 0.15) is 11.0 Å². The van der Waals surface area contributed by atoms with Crippen LogP contribution in [0.5, 0.6) is 5.75 Å². The van der Waals surface area contributed by atoms with Gasteiger partial charge < -0.3 is 14.7 Å². The first kappa shape index (κ1) is 20.3. The highest BCUT2D eigenvalue weighted by atomic mass is 32.2. The average molecular weight is 400 g/mol. The summed E-state index contributed by atoms with van der Waals surface area (Å²) in [6.07, 6.45) is 1.80. The van der Waals surface area contributed by atoms with Crippen molar-refractivity contribution in [1.82, 2.24) is 4.90 Å². The Bertz CT molecular complexity index is 803. The van der Waals surface area contributed by atoms with Crippen molar-refractivity contribution in [3.63, 3.8) is 0 Å². The van der Waals surface area contributed by atoms with E-state index in [1.807, 2.05) is 53.4 Å². The molecule has 0 aromatic heterocycles. The van der Waals surface area contributed by atoms with Crippen molar-refractivity contribution in [2.75, 3.05) is 19.7 Å². The Kier molecular flexibility index (Phi) is 6.98. The van der Waals surface area contributed by atoms with Crippen LogP contribution in [0.25, 0.3) is 0 Å². The number of carbonyl (C=O) groups excluding carboxylic acids is 1. The number of hydrogen-bond donors (Lipinski definition) is 1. The number of amides is 1. The molecule has 0 spiro atoms. The lowest BCUT2D eigenvalue weighted by Crippen LogP contribution is -2.40. The number of rotatable bonds is 7. The summed E-state index contributed by atoms with van der Waals surface area (Å²) in [6.45, 7) is 3.67.